The number of aliphatic hydroxyl groups is 1. The summed E-state index contributed by atoms with van der Waals surface area (Å²) in [5, 5.41) is 13.0. The third kappa shape index (κ3) is 5.85. The normalized spacial score (nSPS) is 18.9. The number of aliphatic hydroxyl groups excluding tert-OH is 1. The van der Waals surface area contributed by atoms with Crippen LogP contribution in [-0.2, 0) is 4.79 Å². The number of nitrogens with one attached hydrogen (secondary N) is 1. The first kappa shape index (κ1) is 29.2. The average Bonchev–Trinajstić information content (AvgIpc) is 3.56. The van der Waals surface area contributed by atoms with Crippen LogP contribution in [0.2, 0.25) is 0 Å². The lowest BCUT2D eigenvalue weighted by Gasteiger charge is -2.43. The summed E-state index contributed by atoms with van der Waals surface area (Å²) < 4.78 is 1.72. The van der Waals surface area contributed by atoms with Gasteiger partial charge in [-0.05, 0) is 57.2 Å². The third-order valence-electron chi connectivity index (χ3n) is 9.39. The van der Waals surface area contributed by atoms with Crippen molar-refractivity contribution in [1.82, 2.24) is 29.3 Å². The lowest BCUT2D eigenvalue weighted by atomic mass is 10.0. The number of nitrogens with zero attached hydrogens (tertiary/aromatic N) is 7. The summed E-state index contributed by atoms with van der Waals surface area (Å²) >= 11 is 0. The predicted octanol–water partition coefficient (Wildman–Crippen LogP) is 2.66. The number of rotatable bonds is 7. The van der Waals surface area contributed by atoms with Gasteiger partial charge in [0.1, 0.15) is 18.1 Å². The van der Waals surface area contributed by atoms with Gasteiger partial charge in [0, 0.05) is 62.9 Å². The van der Waals surface area contributed by atoms with Crippen LogP contribution in [0.5, 0.6) is 0 Å². The van der Waals surface area contributed by atoms with Gasteiger partial charge in [-0.15, -0.1) is 0 Å². The summed E-state index contributed by atoms with van der Waals surface area (Å²) in [5.41, 5.74) is 2.20. The van der Waals surface area contributed by atoms with Crippen molar-refractivity contribution < 1.29 is 14.7 Å². The van der Waals surface area contributed by atoms with Crippen LogP contribution >= 0.6 is 0 Å². The van der Waals surface area contributed by atoms with Crippen LogP contribution in [0.4, 0.5) is 17.5 Å². The molecule has 228 valence electrons. The molecule has 2 N–H and O–H groups in total. The van der Waals surface area contributed by atoms with Crippen LogP contribution in [0.15, 0.2) is 29.3 Å². The molecule has 0 spiro atoms. The van der Waals surface area contributed by atoms with Gasteiger partial charge in [-0.2, -0.15) is 4.98 Å². The monoisotopic (exact) mass is 588 g/mol. The van der Waals surface area contributed by atoms with Crippen LogP contribution in [0.1, 0.15) is 67.4 Å². The van der Waals surface area contributed by atoms with E-state index in [0.29, 0.717) is 42.1 Å². The summed E-state index contributed by atoms with van der Waals surface area (Å²) in [6.45, 7) is 7.74. The zero-order valence-electron chi connectivity index (χ0n) is 25.0. The first-order valence-corrected chi connectivity index (χ1v) is 15.4. The standard InChI is InChI=1S/C31H40N8O4/c1-20-25-18-33-31(35-29(25)39(23-5-3-4-6-23)30(43)28(20)21(2)41)34-26-8-7-24(17-32-26)36-11-9-22(10-12-36)37-13-15-38(16-14-37)27(42)19-40/h7-8,17-18,22-23,40H,3-6,9-16,19H2,1-2H3,(H,32,33,34,35). The van der Waals surface area contributed by atoms with Crippen LogP contribution in [0.3, 0.4) is 0 Å². The van der Waals surface area contributed by atoms with Gasteiger partial charge in [0.25, 0.3) is 5.56 Å². The van der Waals surface area contributed by atoms with E-state index in [1.165, 1.54) is 6.92 Å². The Kier molecular flexibility index (Phi) is 8.40. The zero-order valence-corrected chi connectivity index (χ0v) is 25.0. The highest BCUT2D eigenvalue weighted by Gasteiger charge is 2.29. The smallest absolute Gasteiger partial charge is 0.263 e. The molecule has 3 aromatic rings. The Hall–Kier alpha value is -3.90. The molecule has 1 amide bonds. The summed E-state index contributed by atoms with van der Waals surface area (Å²) in [7, 11) is 0. The molecule has 3 aromatic heterocycles. The molecule has 12 heteroatoms. The number of hydrogen-bond acceptors (Lipinski definition) is 10. The fraction of sp³-hybridized carbons (Fsp3) is 0.548. The van der Waals surface area contributed by atoms with E-state index in [1.807, 2.05) is 18.3 Å². The number of hydrogen-bond donors (Lipinski definition) is 2. The van der Waals surface area contributed by atoms with Gasteiger partial charge in [-0.1, -0.05) is 12.8 Å². The highest BCUT2D eigenvalue weighted by Crippen LogP contribution is 2.32. The largest absolute Gasteiger partial charge is 0.387 e. The molecular weight excluding hydrogens is 548 g/mol. The zero-order chi connectivity index (χ0) is 30.1. The molecule has 0 aromatic carbocycles. The van der Waals surface area contributed by atoms with E-state index in [0.717, 1.165) is 75.8 Å². The molecule has 3 fully saturated rings. The first-order valence-electron chi connectivity index (χ1n) is 15.4. The summed E-state index contributed by atoms with van der Waals surface area (Å²) in [5.74, 6) is 0.548. The molecule has 0 unspecified atom stereocenters. The highest BCUT2D eigenvalue weighted by molar-refractivity contribution is 5.99. The maximum Gasteiger partial charge on any atom is 0.263 e. The number of ketones is 1. The predicted molar refractivity (Wildman–Crippen MR) is 164 cm³/mol. The number of pyridine rings is 2. The molecule has 0 atom stereocenters. The summed E-state index contributed by atoms with van der Waals surface area (Å²) in [6.07, 6.45) is 9.54. The van der Waals surface area contributed by atoms with Crippen LogP contribution < -0.4 is 15.8 Å². The van der Waals surface area contributed by atoms with Crippen molar-refractivity contribution in [3.63, 3.8) is 0 Å². The van der Waals surface area contributed by atoms with Gasteiger partial charge in [-0.25, -0.2) is 9.97 Å². The number of carbonyl (C=O) groups is 2. The summed E-state index contributed by atoms with van der Waals surface area (Å²) in [6, 6.07) is 4.49. The van der Waals surface area contributed by atoms with E-state index < -0.39 is 6.61 Å². The maximum absolute atomic E-state index is 13.5. The molecule has 43 heavy (non-hydrogen) atoms. The van der Waals surface area contributed by atoms with Gasteiger partial charge >= 0.3 is 0 Å². The Morgan fingerprint density at radius 1 is 0.953 bits per heavy atom. The van der Waals surface area contributed by atoms with E-state index in [9.17, 15) is 14.4 Å². The van der Waals surface area contributed by atoms with Gasteiger partial charge in [-0.3, -0.25) is 23.9 Å². The SMILES string of the molecule is CC(=O)c1c(C)c2cnc(Nc3ccc(N4CCC(N5CCN(C(=O)CO)CC5)CC4)cn3)nc2n(C2CCCC2)c1=O. The van der Waals surface area contributed by atoms with E-state index in [-0.39, 0.29) is 28.9 Å². The number of Topliss-reactive ketones (excluding diaryl/α,β-unsaturated/α-hetero) is 1. The molecule has 2 aliphatic heterocycles. The van der Waals surface area contributed by atoms with Crippen molar-refractivity contribution >= 4 is 40.2 Å². The number of aryl methyl sites for hydroxylation is 1. The number of piperazine rings is 1. The lowest BCUT2D eigenvalue weighted by molar-refractivity contribution is -0.136. The Morgan fingerprint density at radius 2 is 1.67 bits per heavy atom. The number of aromatic nitrogens is 4. The minimum absolute atomic E-state index is 0.0260. The van der Waals surface area contributed by atoms with Gasteiger partial charge in [0.05, 0.1) is 17.4 Å². The molecule has 0 bridgehead atoms. The third-order valence-corrected chi connectivity index (χ3v) is 9.39. The first-order chi connectivity index (χ1) is 20.8. The molecule has 12 nitrogen and oxygen atoms in total. The van der Waals surface area contributed by atoms with Crippen molar-refractivity contribution in [2.75, 3.05) is 56.1 Å². The maximum atomic E-state index is 13.5. The quantitative estimate of drug-likeness (QED) is 0.397. The minimum Gasteiger partial charge on any atom is -0.387 e. The molecule has 5 heterocycles. The van der Waals surface area contributed by atoms with Crippen molar-refractivity contribution in [3.8, 4) is 0 Å². The van der Waals surface area contributed by atoms with E-state index in [1.54, 1.807) is 22.6 Å². The Balaban J connectivity index is 1.13. The van der Waals surface area contributed by atoms with Crippen molar-refractivity contribution in [2.24, 2.45) is 0 Å². The van der Waals surface area contributed by atoms with Crippen LogP contribution in [-0.4, -0.2) is 98.0 Å². The molecule has 1 aliphatic carbocycles. The van der Waals surface area contributed by atoms with Crippen molar-refractivity contribution in [3.05, 3.63) is 46.0 Å². The molecule has 0 radical (unpaired) electrons. The van der Waals surface area contributed by atoms with Crippen molar-refractivity contribution in [1.29, 1.82) is 0 Å². The second kappa shape index (κ2) is 12.4. The Labute approximate surface area is 250 Å². The average molecular weight is 589 g/mol. The minimum atomic E-state index is -0.415. The number of piperidine rings is 1. The lowest BCUT2D eigenvalue weighted by Crippen LogP contribution is -2.54. The van der Waals surface area contributed by atoms with E-state index >= 15 is 0 Å². The van der Waals surface area contributed by atoms with E-state index in [4.69, 9.17) is 10.1 Å². The molecular formula is C31H40N8O4. The fourth-order valence-corrected chi connectivity index (χ4v) is 7.00. The number of amides is 1. The van der Waals surface area contributed by atoms with E-state index in [2.05, 4.69) is 25.1 Å². The van der Waals surface area contributed by atoms with Gasteiger partial charge in [0.2, 0.25) is 11.9 Å². The summed E-state index contributed by atoms with van der Waals surface area (Å²) in [4.78, 5) is 58.1. The number of carbonyl (C=O) groups excluding carboxylic acids is 2. The Morgan fingerprint density at radius 3 is 2.30 bits per heavy atom. The molecule has 1 saturated carbocycles. The molecule has 3 aliphatic rings. The van der Waals surface area contributed by atoms with Crippen molar-refractivity contribution in [2.45, 2.75) is 64.5 Å². The van der Waals surface area contributed by atoms with Gasteiger partial charge < -0.3 is 20.2 Å². The highest BCUT2D eigenvalue weighted by atomic mass is 16.3. The Bertz CT molecular complexity index is 1550. The van der Waals surface area contributed by atoms with Crippen LogP contribution in [0, 0.1) is 6.92 Å². The molecule has 6 rings (SSSR count). The van der Waals surface area contributed by atoms with Crippen LogP contribution in [0.25, 0.3) is 11.0 Å². The topological polar surface area (TPSA) is 137 Å². The molecule has 2 saturated heterocycles. The van der Waals surface area contributed by atoms with Gasteiger partial charge in [0.15, 0.2) is 5.78 Å². The second-order valence-corrected chi connectivity index (χ2v) is 11.9. The number of anilines is 3. The second-order valence-electron chi connectivity index (χ2n) is 11.9. The fourth-order valence-electron chi connectivity index (χ4n) is 7.00. The number of fused-ring (bicyclic) bond motifs is 1.